The Kier molecular flexibility index (Phi) is 5.43. The van der Waals surface area contributed by atoms with Crippen LogP contribution in [0.2, 0.25) is 5.02 Å². The van der Waals surface area contributed by atoms with Gasteiger partial charge in [-0.3, -0.25) is 4.68 Å². The first-order valence-corrected chi connectivity index (χ1v) is 6.40. The molecule has 0 saturated heterocycles. The van der Waals surface area contributed by atoms with Gasteiger partial charge in [-0.25, -0.2) is 0 Å². The van der Waals surface area contributed by atoms with Crippen molar-refractivity contribution in [1.82, 2.24) is 9.78 Å². The first-order chi connectivity index (χ1) is 7.95. The maximum atomic E-state index is 6.26. The van der Waals surface area contributed by atoms with Gasteiger partial charge in [0.15, 0.2) is 0 Å². The van der Waals surface area contributed by atoms with Crippen molar-refractivity contribution in [3.05, 3.63) is 16.4 Å². The fraction of sp³-hybridized carbons (Fsp3) is 0.750. The molecule has 1 heterocycles. The average Bonchev–Trinajstić information content (AvgIpc) is 2.53. The van der Waals surface area contributed by atoms with Gasteiger partial charge < -0.3 is 10.5 Å². The Morgan fingerprint density at radius 2 is 2.12 bits per heavy atom. The molecule has 0 saturated carbocycles. The number of nitrogens with two attached hydrogens (primary N) is 1. The second kappa shape index (κ2) is 6.38. The first-order valence-electron chi connectivity index (χ1n) is 6.03. The second-order valence-corrected chi connectivity index (χ2v) is 4.91. The average molecular weight is 260 g/mol. The van der Waals surface area contributed by atoms with Crippen molar-refractivity contribution in [1.29, 1.82) is 0 Å². The molecule has 0 aliphatic rings. The monoisotopic (exact) mass is 259 g/mol. The highest BCUT2D eigenvalue weighted by molar-refractivity contribution is 6.31. The van der Waals surface area contributed by atoms with Gasteiger partial charge >= 0.3 is 0 Å². The van der Waals surface area contributed by atoms with E-state index in [0.29, 0.717) is 13.0 Å². The fourth-order valence-electron chi connectivity index (χ4n) is 1.66. The largest absolute Gasteiger partial charge is 0.377 e. The van der Waals surface area contributed by atoms with Crippen LogP contribution < -0.4 is 5.73 Å². The minimum absolute atomic E-state index is 0.0463. The van der Waals surface area contributed by atoms with E-state index in [1.807, 2.05) is 32.5 Å². The summed E-state index contributed by atoms with van der Waals surface area (Å²) < 4.78 is 7.31. The van der Waals surface area contributed by atoms with E-state index in [4.69, 9.17) is 22.1 Å². The minimum atomic E-state index is -0.0463. The molecule has 0 radical (unpaired) electrons. The van der Waals surface area contributed by atoms with E-state index < -0.39 is 0 Å². The summed E-state index contributed by atoms with van der Waals surface area (Å²) in [5.74, 6) is 0. The van der Waals surface area contributed by atoms with Gasteiger partial charge in [0, 0.05) is 19.5 Å². The van der Waals surface area contributed by atoms with Crippen molar-refractivity contribution >= 4 is 11.6 Å². The van der Waals surface area contributed by atoms with E-state index in [1.54, 1.807) is 0 Å². The van der Waals surface area contributed by atoms with E-state index >= 15 is 0 Å². The van der Waals surface area contributed by atoms with E-state index in [9.17, 15) is 0 Å². The highest BCUT2D eigenvalue weighted by atomic mass is 35.5. The molecule has 4 nitrogen and oxygen atoms in total. The van der Waals surface area contributed by atoms with Crippen LogP contribution >= 0.6 is 11.6 Å². The van der Waals surface area contributed by atoms with Crippen molar-refractivity contribution in [2.45, 2.75) is 45.8 Å². The lowest BCUT2D eigenvalue weighted by atomic mass is 10.1. The molecule has 0 fully saturated rings. The quantitative estimate of drug-likeness (QED) is 0.849. The molecule has 1 rings (SSSR count). The molecular weight excluding hydrogens is 238 g/mol. The van der Waals surface area contributed by atoms with E-state index in [2.05, 4.69) is 5.10 Å². The maximum absolute atomic E-state index is 6.26. The summed E-state index contributed by atoms with van der Waals surface area (Å²) in [4.78, 5) is 0. The van der Waals surface area contributed by atoms with E-state index in [1.165, 1.54) is 0 Å². The van der Waals surface area contributed by atoms with Crippen LogP contribution in [0.5, 0.6) is 0 Å². The van der Waals surface area contributed by atoms with Crippen LogP contribution in [-0.4, -0.2) is 28.5 Å². The van der Waals surface area contributed by atoms with E-state index in [0.717, 1.165) is 22.8 Å². The summed E-state index contributed by atoms with van der Waals surface area (Å²) in [7, 11) is 1.90. The summed E-state index contributed by atoms with van der Waals surface area (Å²) >= 11 is 6.26. The Bertz CT molecular complexity index is 363. The van der Waals surface area contributed by atoms with Crippen LogP contribution in [0.1, 0.15) is 32.2 Å². The molecule has 0 aliphatic heterocycles. The van der Waals surface area contributed by atoms with Gasteiger partial charge in [0.05, 0.1) is 29.1 Å². The number of rotatable bonds is 6. The molecule has 0 aromatic carbocycles. The molecule has 17 heavy (non-hydrogen) atoms. The first kappa shape index (κ1) is 14.5. The van der Waals surface area contributed by atoms with Crippen molar-refractivity contribution in [3.8, 4) is 0 Å². The van der Waals surface area contributed by atoms with Crippen molar-refractivity contribution in [2.24, 2.45) is 12.8 Å². The molecule has 5 heteroatoms. The lowest BCUT2D eigenvalue weighted by molar-refractivity contribution is 0.0681. The summed E-state index contributed by atoms with van der Waals surface area (Å²) in [5, 5.41) is 5.11. The van der Waals surface area contributed by atoms with Gasteiger partial charge in [-0.15, -0.1) is 0 Å². The van der Waals surface area contributed by atoms with Crippen LogP contribution in [0.4, 0.5) is 0 Å². The third-order valence-corrected chi connectivity index (χ3v) is 3.04. The smallest absolute Gasteiger partial charge is 0.0850 e. The van der Waals surface area contributed by atoms with Crippen molar-refractivity contribution < 1.29 is 4.74 Å². The molecule has 1 unspecified atom stereocenters. The molecule has 98 valence electrons. The summed E-state index contributed by atoms with van der Waals surface area (Å²) in [6.07, 6.45) is 1.73. The Morgan fingerprint density at radius 1 is 1.47 bits per heavy atom. The number of aryl methyl sites for hydroxylation is 2. The maximum Gasteiger partial charge on any atom is 0.0850 e. The molecule has 1 aromatic heterocycles. The number of aromatic nitrogens is 2. The molecule has 0 bridgehead atoms. The zero-order chi connectivity index (χ0) is 13.0. The van der Waals surface area contributed by atoms with Crippen molar-refractivity contribution in [2.75, 3.05) is 6.61 Å². The van der Waals surface area contributed by atoms with Crippen LogP contribution in [0.15, 0.2) is 0 Å². The SMILES string of the molecule is CCc1nn(C)c(CC(N)COC(C)C)c1Cl. The second-order valence-electron chi connectivity index (χ2n) is 4.53. The lowest BCUT2D eigenvalue weighted by Crippen LogP contribution is -2.30. The third kappa shape index (κ3) is 3.98. The predicted octanol–water partition coefficient (Wildman–Crippen LogP) is 1.93. The Balaban J connectivity index is 2.64. The standard InChI is InChI=1S/C12H22ClN3O/c1-5-10-12(13)11(16(4)15-10)6-9(14)7-17-8(2)3/h8-9H,5-7,14H2,1-4H3. The Labute approximate surface area is 108 Å². The number of nitrogens with zero attached hydrogens (tertiary/aromatic N) is 2. The lowest BCUT2D eigenvalue weighted by Gasteiger charge is -2.14. The van der Waals surface area contributed by atoms with Gasteiger partial charge in [0.1, 0.15) is 0 Å². The van der Waals surface area contributed by atoms with E-state index in [-0.39, 0.29) is 12.1 Å². The predicted molar refractivity (Wildman–Crippen MR) is 70.4 cm³/mol. The zero-order valence-electron chi connectivity index (χ0n) is 11.0. The van der Waals surface area contributed by atoms with Gasteiger partial charge in [0.2, 0.25) is 0 Å². The highest BCUT2D eigenvalue weighted by Crippen LogP contribution is 2.21. The molecule has 0 aliphatic carbocycles. The minimum Gasteiger partial charge on any atom is -0.377 e. The third-order valence-electron chi connectivity index (χ3n) is 2.60. The summed E-state index contributed by atoms with van der Waals surface area (Å²) in [6, 6.07) is -0.0463. The Hall–Kier alpha value is -0.580. The van der Waals surface area contributed by atoms with Gasteiger partial charge in [0.25, 0.3) is 0 Å². The number of hydrogen-bond acceptors (Lipinski definition) is 3. The van der Waals surface area contributed by atoms with Crippen LogP contribution in [0, 0.1) is 0 Å². The van der Waals surface area contributed by atoms with Gasteiger partial charge in [-0.2, -0.15) is 5.10 Å². The number of ether oxygens (including phenoxy) is 1. The van der Waals surface area contributed by atoms with Crippen LogP contribution in [0.3, 0.4) is 0 Å². The molecule has 0 amide bonds. The molecular formula is C12H22ClN3O. The highest BCUT2D eigenvalue weighted by Gasteiger charge is 2.16. The number of halogens is 1. The topological polar surface area (TPSA) is 53.1 Å². The molecule has 1 aromatic rings. The van der Waals surface area contributed by atoms with Crippen LogP contribution in [-0.2, 0) is 24.6 Å². The summed E-state index contributed by atoms with van der Waals surface area (Å²) in [5.41, 5.74) is 7.94. The summed E-state index contributed by atoms with van der Waals surface area (Å²) in [6.45, 7) is 6.58. The fourth-order valence-corrected chi connectivity index (χ4v) is 2.04. The zero-order valence-corrected chi connectivity index (χ0v) is 11.8. The van der Waals surface area contributed by atoms with Gasteiger partial charge in [-0.05, 0) is 20.3 Å². The Morgan fingerprint density at radius 3 is 2.59 bits per heavy atom. The molecule has 2 N–H and O–H groups in total. The molecule has 0 spiro atoms. The molecule has 1 atom stereocenters. The van der Waals surface area contributed by atoms with Gasteiger partial charge in [-0.1, -0.05) is 18.5 Å². The number of hydrogen-bond donors (Lipinski definition) is 1. The van der Waals surface area contributed by atoms with Crippen molar-refractivity contribution in [3.63, 3.8) is 0 Å². The van der Waals surface area contributed by atoms with Crippen LogP contribution in [0.25, 0.3) is 0 Å². The normalized spacial score (nSPS) is 13.4.